The number of phenols is 10. The molecule has 0 atom stereocenters. The molecule has 11 nitrogen and oxygen atoms in total. The van der Waals surface area contributed by atoms with E-state index in [1.54, 1.807) is 30.3 Å². The average Bonchev–Trinajstić information content (AvgIpc) is 3.13. The molecule has 50 heavy (non-hydrogen) atoms. The van der Waals surface area contributed by atoms with Crippen LogP contribution in [0.4, 0.5) is 0 Å². The molecule has 1 aliphatic rings. The molecule has 10 N–H and O–H groups in total. The summed E-state index contributed by atoms with van der Waals surface area (Å²) in [6, 6.07) is 24.2. The minimum Gasteiger partial charge on any atom is -0.508 e. The summed E-state index contributed by atoms with van der Waals surface area (Å²) in [6.45, 7) is 0. The Bertz CT molecular complexity index is 2600. The summed E-state index contributed by atoms with van der Waals surface area (Å²) in [7, 11) is 6.34. The fourth-order valence-electron chi connectivity index (χ4n) is 6.78. The first-order chi connectivity index (χ1) is 23.9. The van der Waals surface area contributed by atoms with Crippen LogP contribution in [0.15, 0.2) is 78.9 Å². The maximum Gasteiger partial charge on any atom is 0.205 e. The zero-order chi connectivity index (χ0) is 35.3. The molecule has 1 heterocycles. The highest BCUT2D eigenvalue weighted by Crippen LogP contribution is 2.61. The first kappa shape index (κ1) is 30.3. The van der Waals surface area contributed by atoms with Gasteiger partial charge in [-0.05, 0) is 51.3 Å². The molecule has 12 heteroatoms. The van der Waals surface area contributed by atoms with E-state index in [1.807, 2.05) is 48.5 Å². The molecule has 7 aromatic carbocycles. The lowest BCUT2D eigenvalue weighted by atomic mass is 9.79. The fourth-order valence-corrected chi connectivity index (χ4v) is 6.78. The Balaban J connectivity index is 1.36. The molecule has 0 bridgehead atoms. The molecule has 7 aromatic rings. The van der Waals surface area contributed by atoms with E-state index in [-0.39, 0.29) is 11.1 Å². The predicted molar refractivity (Wildman–Crippen MR) is 185 cm³/mol. The Hall–Kier alpha value is -7.08. The van der Waals surface area contributed by atoms with Gasteiger partial charge in [0, 0.05) is 27.5 Å². The van der Waals surface area contributed by atoms with E-state index in [0.29, 0.717) is 22.3 Å². The predicted octanol–water partition coefficient (Wildman–Crippen LogP) is 6.62. The third kappa shape index (κ3) is 3.92. The molecule has 0 saturated heterocycles. The van der Waals surface area contributed by atoms with Crippen molar-refractivity contribution in [2.24, 2.45) is 0 Å². The summed E-state index contributed by atoms with van der Waals surface area (Å²) in [5.74, 6) is -10.4. The van der Waals surface area contributed by atoms with E-state index >= 15 is 0 Å². The molecule has 8 rings (SSSR count). The Labute approximate surface area is 282 Å². The minimum atomic E-state index is -1.28. The molecular weight excluding hydrogens is 643 g/mol. The summed E-state index contributed by atoms with van der Waals surface area (Å²) < 4.78 is 6.35. The molecule has 0 aliphatic carbocycles. The number of phenolic OH excluding ortho intramolecular Hbond substituents is 10. The number of aromatic hydroxyl groups is 10. The number of fused-ring (bicyclic) bond motifs is 3. The van der Waals surface area contributed by atoms with E-state index in [1.165, 1.54) is 0 Å². The Morgan fingerprint density at radius 1 is 0.380 bits per heavy atom. The quantitative estimate of drug-likeness (QED) is 0.0550. The van der Waals surface area contributed by atoms with Gasteiger partial charge in [0.15, 0.2) is 34.5 Å². The van der Waals surface area contributed by atoms with Crippen molar-refractivity contribution in [3.63, 3.8) is 0 Å². The van der Waals surface area contributed by atoms with Gasteiger partial charge in [0.05, 0.1) is 10.9 Å². The monoisotopic (exact) mass is 666 g/mol. The standard InChI is InChI=1S/C38H23BO11/c39-28-26(24-25-27(34(45)36(47)31(24)42)35(46)38(49)37(48)32(25)43)33(44)30(41)23(29(28)40)19-12-11-18-16-10-9-15(14-5-2-1-3-6-14)13-21(16)50-20-8-4-7-17(19)22(18)20/h1-13,40-49H. The Morgan fingerprint density at radius 2 is 0.960 bits per heavy atom. The van der Waals surface area contributed by atoms with Gasteiger partial charge in [0.1, 0.15) is 25.1 Å². The molecule has 0 saturated carbocycles. The lowest BCUT2D eigenvalue weighted by Gasteiger charge is -2.24. The maximum atomic E-state index is 11.6. The van der Waals surface area contributed by atoms with Crippen LogP contribution in [-0.2, 0) is 0 Å². The van der Waals surface area contributed by atoms with Crippen LogP contribution in [0.1, 0.15) is 0 Å². The number of hydrogen-bond donors (Lipinski definition) is 10. The highest BCUT2D eigenvalue weighted by molar-refractivity contribution is 6.40. The van der Waals surface area contributed by atoms with Gasteiger partial charge in [-0.15, -0.1) is 0 Å². The normalized spacial score (nSPS) is 11.8. The van der Waals surface area contributed by atoms with Crippen LogP contribution in [0.2, 0.25) is 0 Å². The second-order valence-corrected chi connectivity index (χ2v) is 11.8. The van der Waals surface area contributed by atoms with E-state index in [4.69, 9.17) is 12.6 Å². The lowest BCUT2D eigenvalue weighted by molar-refractivity contribution is 0.347. The molecule has 244 valence electrons. The largest absolute Gasteiger partial charge is 0.508 e. The van der Waals surface area contributed by atoms with Crippen LogP contribution in [0.5, 0.6) is 69.0 Å². The van der Waals surface area contributed by atoms with Crippen LogP contribution < -0.4 is 10.2 Å². The minimum absolute atomic E-state index is 0.216. The van der Waals surface area contributed by atoms with Gasteiger partial charge in [-0.2, -0.15) is 0 Å². The topological polar surface area (TPSA) is 212 Å². The van der Waals surface area contributed by atoms with Gasteiger partial charge in [-0.1, -0.05) is 60.7 Å². The van der Waals surface area contributed by atoms with E-state index in [0.717, 1.165) is 22.3 Å². The van der Waals surface area contributed by atoms with Gasteiger partial charge in [-0.3, -0.25) is 0 Å². The van der Waals surface area contributed by atoms with Gasteiger partial charge in [0.25, 0.3) is 0 Å². The SMILES string of the molecule is [B]c1c(O)c(-c2ccc3c4c(cccc24)Oc2cc(-c4ccccc4)ccc2-3)c(O)c(O)c1-c1c(O)c(O)c(O)c2c(O)c(O)c(O)c(O)c12. The van der Waals surface area contributed by atoms with Crippen molar-refractivity contribution in [3.05, 3.63) is 78.9 Å². The van der Waals surface area contributed by atoms with Gasteiger partial charge in [-0.25, -0.2) is 0 Å². The van der Waals surface area contributed by atoms with Gasteiger partial charge >= 0.3 is 0 Å². The van der Waals surface area contributed by atoms with Gasteiger partial charge in [0.2, 0.25) is 17.2 Å². The summed E-state index contributed by atoms with van der Waals surface area (Å²) in [4.78, 5) is 0. The first-order valence-corrected chi connectivity index (χ1v) is 15.0. The van der Waals surface area contributed by atoms with Crippen molar-refractivity contribution in [3.8, 4) is 114 Å². The van der Waals surface area contributed by atoms with Crippen molar-refractivity contribution in [1.82, 2.24) is 0 Å². The summed E-state index contributed by atoms with van der Waals surface area (Å²) in [5.41, 5.74) is 1.19. The third-order valence-electron chi connectivity index (χ3n) is 9.15. The van der Waals surface area contributed by atoms with Gasteiger partial charge < -0.3 is 55.8 Å². The summed E-state index contributed by atoms with van der Waals surface area (Å²) >= 11 is 0. The third-order valence-corrected chi connectivity index (χ3v) is 9.15. The van der Waals surface area contributed by atoms with Crippen molar-refractivity contribution in [1.29, 1.82) is 0 Å². The lowest BCUT2D eigenvalue weighted by Crippen LogP contribution is -2.10. The zero-order valence-corrected chi connectivity index (χ0v) is 25.5. The van der Waals surface area contributed by atoms with E-state index in [9.17, 15) is 51.1 Å². The highest BCUT2D eigenvalue weighted by Gasteiger charge is 2.34. The van der Waals surface area contributed by atoms with Crippen molar-refractivity contribution >= 4 is 34.9 Å². The van der Waals surface area contributed by atoms with Crippen LogP contribution in [0.3, 0.4) is 0 Å². The number of ether oxygens (including phenoxy) is 1. The fraction of sp³-hybridized carbons (Fsp3) is 0. The smallest absolute Gasteiger partial charge is 0.205 e. The number of rotatable bonds is 3. The second kappa shape index (κ2) is 10.5. The highest BCUT2D eigenvalue weighted by atomic mass is 16.5. The number of benzene rings is 7. The molecule has 0 unspecified atom stereocenters. The number of hydrogen-bond acceptors (Lipinski definition) is 11. The van der Waals surface area contributed by atoms with Crippen molar-refractivity contribution in [2.75, 3.05) is 0 Å². The van der Waals surface area contributed by atoms with E-state index < -0.39 is 84.9 Å². The Kier molecular flexibility index (Phi) is 6.33. The van der Waals surface area contributed by atoms with Crippen LogP contribution in [-0.4, -0.2) is 58.9 Å². The maximum absolute atomic E-state index is 11.6. The second-order valence-electron chi connectivity index (χ2n) is 11.8. The zero-order valence-electron chi connectivity index (χ0n) is 25.5. The molecule has 0 aromatic heterocycles. The molecule has 1 aliphatic heterocycles. The average molecular weight is 666 g/mol. The Morgan fingerprint density at radius 3 is 1.66 bits per heavy atom. The molecule has 0 fully saturated rings. The van der Waals surface area contributed by atoms with Crippen molar-refractivity contribution < 1.29 is 55.8 Å². The van der Waals surface area contributed by atoms with Crippen LogP contribution in [0.25, 0.3) is 66.1 Å². The van der Waals surface area contributed by atoms with Crippen LogP contribution >= 0.6 is 0 Å². The summed E-state index contributed by atoms with van der Waals surface area (Å²) in [6.07, 6.45) is 0. The molecular formula is C38H23BO11. The summed E-state index contributed by atoms with van der Waals surface area (Å²) in [5, 5.41) is 107. The molecule has 2 radical (unpaired) electrons. The van der Waals surface area contributed by atoms with Crippen molar-refractivity contribution in [2.45, 2.75) is 0 Å². The first-order valence-electron chi connectivity index (χ1n) is 15.0. The molecule has 0 spiro atoms. The molecule has 0 amide bonds. The van der Waals surface area contributed by atoms with Crippen LogP contribution in [0, 0.1) is 0 Å². The van der Waals surface area contributed by atoms with E-state index in [2.05, 4.69) is 0 Å².